The van der Waals surface area contributed by atoms with Crippen molar-refractivity contribution in [1.29, 1.82) is 0 Å². The van der Waals surface area contributed by atoms with Crippen LogP contribution >= 0.6 is 0 Å². The second-order valence-corrected chi connectivity index (χ2v) is 8.90. The second kappa shape index (κ2) is 7.62. The summed E-state index contributed by atoms with van der Waals surface area (Å²) in [6.45, 7) is 12.4. The van der Waals surface area contributed by atoms with E-state index in [1.165, 1.54) is 0 Å². The van der Waals surface area contributed by atoms with Crippen molar-refractivity contribution in [3.05, 3.63) is 46.5 Å². The van der Waals surface area contributed by atoms with Crippen molar-refractivity contribution in [2.45, 2.75) is 60.1 Å². The maximum atomic E-state index is 11.3. The highest BCUT2D eigenvalue weighted by Crippen LogP contribution is 2.49. The van der Waals surface area contributed by atoms with E-state index in [1.54, 1.807) is 7.11 Å². The summed E-state index contributed by atoms with van der Waals surface area (Å²) >= 11 is 0. The van der Waals surface area contributed by atoms with Crippen LogP contribution in [0.25, 0.3) is 11.1 Å². The summed E-state index contributed by atoms with van der Waals surface area (Å²) in [6.07, 6.45) is -0.0869. The highest BCUT2D eigenvalue weighted by molar-refractivity contribution is 5.75. The van der Waals surface area contributed by atoms with E-state index in [-0.39, 0.29) is 17.6 Å². The normalized spacial score (nSPS) is 17.2. The van der Waals surface area contributed by atoms with Gasteiger partial charge in [-0.25, -0.2) is 4.79 Å². The third-order valence-electron chi connectivity index (χ3n) is 5.59. The number of rotatable bonds is 5. The van der Waals surface area contributed by atoms with Gasteiger partial charge in [0.15, 0.2) is 0 Å². The minimum atomic E-state index is -1.01. The number of benzene rings is 2. The largest absolute Gasteiger partial charge is 0.496 e. The maximum Gasteiger partial charge on any atom is 0.405 e. The van der Waals surface area contributed by atoms with E-state index >= 15 is 0 Å². The van der Waals surface area contributed by atoms with Gasteiger partial charge in [-0.05, 0) is 91.6 Å². The van der Waals surface area contributed by atoms with Gasteiger partial charge in [-0.15, -0.1) is 0 Å². The predicted molar refractivity (Wildman–Crippen MR) is 115 cm³/mol. The fraction of sp³-hybridized carbons (Fsp3) is 0.458. The van der Waals surface area contributed by atoms with Crippen molar-refractivity contribution < 1.29 is 19.4 Å². The molecule has 0 aliphatic heterocycles. The molecule has 1 atom stereocenters. The molecule has 0 heterocycles. The highest BCUT2D eigenvalue weighted by Gasteiger charge is 2.40. The van der Waals surface area contributed by atoms with Crippen molar-refractivity contribution in [2.75, 3.05) is 7.11 Å². The van der Waals surface area contributed by atoms with E-state index in [0.29, 0.717) is 0 Å². The molecule has 2 N–H and O–H groups in total. The summed E-state index contributed by atoms with van der Waals surface area (Å²) in [5.74, 6) is 1.67. The van der Waals surface area contributed by atoms with Gasteiger partial charge in [0.25, 0.3) is 0 Å². The summed E-state index contributed by atoms with van der Waals surface area (Å²) in [4.78, 5) is 11.3. The van der Waals surface area contributed by atoms with E-state index in [9.17, 15) is 9.90 Å². The average Bonchev–Trinajstić information content (AvgIpc) is 2.85. The number of nitrogens with one attached hydrogen (secondary N) is 1. The molecule has 0 fully saturated rings. The molecule has 3 rings (SSSR count). The summed E-state index contributed by atoms with van der Waals surface area (Å²) in [5.41, 5.74) is 6.20. The highest BCUT2D eigenvalue weighted by atomic mass is 16.5. The number of ether oxygens (including phenoxy) is 2. The van der Waals surface area contributed by atoms with Crippen LogP contribution < -0.4 is 14.8 Å². The summed E-state index contributed by atoms with van der Waals surface area (Å²) in [7, 11) is 1.65. The Balaban J connectivity index is 2.10. The molecule has 2 aromatic carbocycles. The van der Waals surface area contributed by atoms with Crippen molar-refractivity contribution >= 4 is 6.09 Å². The summed E-state index contributed by atoms with van der Waals surface area (Å²) in [6, 6.07) is 8.13. The smallest absolute Gasteiger partial charge is 0.405 e. The average molecular weight is 398 g/mol. The molecule has 1 amide bonds. The van der Waals surface area contributed by atoms with Crippen LogP contribution in [-0.2, 0) is 6.42 Å². The number of methoxy groups -OCH3 is 1. The van der Waals surface area contributed by atoms with Gasteiger partial charge in [-0.3, -0.25) is 0 Å². The molecule has 5 heteroatoms. The first kappa shape index (κ1) is 21.0. The zero-order chi connectivity index (χ0) is 21.5. The first-order valence-electron chi connectivity index (χ1n) is 10.0. The van der Waals surface area contributed by atoms with Crippen molar-refractivity contribution in [2.24, 2.45) is 5.41 Å². The molecular formula is C24H31NO4. The first-order valence-corrected chi connectivity index (χ1v) is 10.0. The first-order chi connectivity index (χ1) is 13.5. The van der Waals surface area contributed by atoms with E-state index in [4.69, 9.17) is 9.47 Å². The lowest BCUT2D eigenvalue weighted by molar-refractivity contribution is 0.175. The Morgan fingerprint density at radius 3 is 2.31 bits per heavy atom. The van der Waals surface area contributed by atoms with Gasteiger partial charge in [-0.2, -0.15) is 0 Å². The van der Waals surface area contributed by atoms with Crippen molar-refractivity contribution in [3.8, 4) is 22.6 Å². The quantitative estimate of drug-likeness (QED) is 0.683. The lowest BCUT2D eigenvalue weighted by atomic mass is 9.85. The zero-order valence-electron chi connectivity index (χ0n) is 18.3. The molecule has 1 aliphatic rings. The van der Waals surface area contributed by atoms with E-state index < -0.39 is 6.09 Å². The lowest BCUT2D eigenvalue weighted by Crippen LogP contribution is -2.34. The molecule has 1 aliphatic carbocycles. The minimum Gasteiger partial charge on any atom is -0.496 e. The van der Waals surface area contributed by atoms with Gasteiger partial charge in [0, 0.05) is 5.56 Å². The number of carboxylic acid groups (broad SMARTS) is 1. The van der Waals surface area contributed by atoms with Gasteiger partial charge >= 0.3 is 6.09 Å². The van der Waals surface area contributed by atoms with Gasteiger partial charge in [0.05, 0.1) is 19.3 Å². The molecule has 1 unspecified atom stereocenters. The van der Waals surface area contributed by atoms with Crippen LogP contribution in [0, 0.1) is 19.3 Å². The Morgan fingerprint density at radius 1 is 1.17 bits per heavy atom. The Bertz CT molecular complexity index is 923. The van der Waals surface area contributed by atoms with Crippen LogP contribution in [0.2, 0.25) is 0 Å². The molecule has 0 aromatic heterocycles. The number of hydrogen-bond acceptors (Lipinski definition) is 3. The van der Waals surface area contributed by atoms with Crippen molar-refractivity contribution in [3.63, 3.8) is 0 Å². The minimum absolute atomic E-state index is 0.119. The maximum absolute atomic E-state index is 11.3. The lowest BCUT2D eigenvalue weighted by Gasteiger charge is -2.27. The van der Waals surface area contributed by atoms with Crippen LogP contribution in [0.1, 0.15) is 56.0 Å². The van der Waals surface area contributed by atoms with E-state index in [1.807, 2.05) is 19.9 Å². The molecule has 0 bridgehead atoms. The van der Waals surface area contributed by atoms with E-state index in [2.05, 4.69) is 51.2 Å². The molecule has 5 nitrogen and oxygen atoms in total. The van der Waals surface area contributed by atoms with Gasteiger partial charge in [0.2, 0.25) is 0 Å². The Hall–Kier alpha value is -2.69. The molecule has 0 radical (unpaired) electrons. The topological polar surface area (TPSA) is 67.8 Å². The zero-order valence-corrected chi connectivity index (χ0v) is 18.3. The fourth-order valence-corrected chi connectivity index (χ4v) is 4.39. The molecule has 156 valence electrons. The van der Waals surface area contributed by atoms with Gasteiger partial charge < -0.3 is 19.9 Å². The van der Waals surface area contributed by atoms with Gasteiger partial charge in [-0.1, -0.05) is 13.8 Å². The fourth-order valence-electron chi connectivity index (χ4n) is 4.39. The number of fused-ring (bicyclic) bond motifs is 1. The summed E-state index contributed by atoms with van der Waals surface area (Å²) < 4.78 is 11.7. The number of amides is 1. The molecule has 0 saturated heterocycles. The molecule has 0 saturated carbocycles. The Kier molecular flexibility index (Phi) is 5.52. The van der Waals surface area contributed by atoms with Crippen molar-refractivity contribution in [1.82, 2.24) is 5.32 Å². The number of carbonyl (C=O) groups is 1. The monoisotopic (exact) mass is 397 g/mol. The van der Waals surface area contributed by atoms with Crippen LogP contribution in [0.4, 0.5) is 4.79 Å². The Morgan fingerprint density at radius 2 is 1.79 bits per heavy atom. The second-order valence-electron chi connectivity index (χ2n) is 8.90. The van der Waals surface area contributed by atoms with Crippen LogP contribution in [0.3, 0.4) is 0 Å². The predicted octanol–water partition coefficient (Wildman–Crippen LogP) is 5.66. The molecule has 29 heavy (non-hydrogen) atoms. The molecule has 0 spiro atoms. The standard InChI is InChI=1S/C24H31NO4/c1-13(2)29-21-14(3)8-16(9-15(21)4)18-10-17-12-24(5,6)22(25-23(26)27)19(17)11-20(18)28-7/h8-11,13,22,25H,12H2,1-7H3,(H,26,27). The SMILES string of the molecule is COc1cc2c(cc1-c1cc(C)c(OC(C)C)c(C)c1)CC(C)(C)C2NC(=O)O. The Labute approximate surface area is 173 Å². The number of hydrogen-bond donors (Lipinski definition) is 2. The van der Waals surface area contributed by atoms with E-state index in [0.717, 1.165) is 51.3 Å². The van der Waals surface area contributed by atoms with Crippen LogP contribution in [0.5, 0.6) is 11.5 Å². The summed E-state index contributed by atoms with van der Waals surface area (Å²) in [5, 5.41) is 12.0. The van der Waals surface area contributed by atoms with Crippen LogP contribution in [0.15, 0.2) is 24.3 Å². The number of aryl methyl sites for hydroxylation is 2. The van der Waals surface area contributed by atoms with Gasteiger partial charge in [0.1, 0.15) is 11.5 Å². The third kappa shape index (κ3) is 4.04. The molecule has 2 aromatic rings. The molecular weight excluding hydrogens is 366 g/mol. The third-order valence-corrected chi connectivity index (χ3v) is 5.59. The van der Waals surface area contributed by atoms with Crippen LogP contribution in [-0.4, -0.2) is 24.4 Å².